The van der Waals surface area contributed by atoms with Crippen molar-refractivity contribution >= 4 is 11.7 Å². The summed E-state index contributed by atoms with van der Waals surface area (Å²) in [5.74, 6) is -0.895. The Morgan fingerprint density at radius 3 is 2.40 bits per heavy atom. The highest BCUT2D eigenvalue weighted by molar-refractivity contribution is 5.84. The molecule has 1 unspecified atom stereocenters. The van der Waals surface area contributed by atoms with Gasteiger partial charge in [-0.15, -0.1) is 0 Å². The molecule has 0 heterocycles. The van der Waals surface area contributed by atoms with Crippen LogP contribution in [-0.2, 0) is 10.3 Å². The molecule has 104 valence electrons. The molecule has 0 aromatic heterocycles. The van der Waals surface area contributed by atoms with E-state index in [4.69, 9.17) is 0 Å². The average Bonchev–Trinajstić information content (AvgIpc) is 2.38. The number of anilines is 1. The third-order valence-electron chi connectivity index (χ3n) is 3.52. The summed E-state index contributed by atoms with van der Waals surface area (Å²) < 4.78 is 0. The Labute approximate surface area is 119 Å². The molecule has 0 amide bonds. The minimum absolute atomic E-state index is 0.772. The van der Waals surface area contributed by atoms with Gasteiger partial charge in [0.15, 0.2) is 5.54 Å². The molecule has 0 aliphatic rings. The smallest absolute Gasteiger partial charge is 0.333 e. The summed E-state index contributed by atoms with van der Waals surface area (Å²) in [5, 5.41) is 12.8. The molecule has 20 heavy (non-hydrogen) atoms. The van der Waals surface area contributed by atoms with Crippen molar-refractivity contribution in [3.63, 3.8) is 0 Å². The van der Waals surface area contributed by atoms with Gasteiger partial charge in [-0.25, -0.2) is 4.79 Å². The molecule has 0 radical (unpaired) electrons. The molecule has 0 bridgehead atoms. The van der Waals surface area contributed by atoms with Crippen LogP contribution < -0.4 is 5.32 Å². The summed E-state index contributed by atoms with van der Waals surface area (Å²) in [6.45, 7) is 5.60. The normalized spacial score (nSPS) is 13.6. The molecular formula is C17H19NO2. The number of carboxylic acid groups (broad SMARTS) is 1. The SMILES string of the molecule is Cc1cccc(NC(C)(C(=O)O)c2ccccc2C)c1. The lowest BCUT2D eigenvalue weighted by Gasteiger charge is -2.29. The Kier molecular flexibility index (Phi) is 3.79. The van der Waals surface area contributed by atoms with Crippen LogP contribution in [0.5, 0.6) is 0 Å². The van der Waals surface area contributed by atoms with Crippen molar-refractivity contribution in [2.45, 2.75) is 26.3 Å². The number of benzene rings is 2. The van der Waals surface area contributed by atoms with Crippen molar-refractivity contribution in [3.8, 4) is 0 Å². The topological polar surface area (TPSA) is 49.3 Å². The van der Waals surface area contributed by atoms with Crippen molar-refractivity contribution in [2.24, 2.45) is 0 Å². The number of nitrogens with one attached hydrogen (secondary N) is 1. The molecular weight excluding hydrogens is 250 g/mol. The first-order valence-electron chi connectivity index (χ1n) is 6.58. The first-order chi connectivity index (χ1) is 9.43. The summed E-state index contributed by atoms with van der Waals surface area (Å²) in [6.07, 6.45) is 0. The molecule has 2 N–H and O–H groups in total. The monoisotopic (exact) mass is 269 g/mol. The van der Waals surface area contributed by atoms with Crippen LogP contribution in [0.4, 0.5) is 5.69 Å². The number of aryl methyl sites for hydroxylation is 2. The molecule has 0 fully saturated rings. The maximum Gasteiger partial charge on any atom is 0.333 e. The molecule has 1 atom stereocenters. The van der Waals surface area contributed by atoms with Gasteiger partial charge in [-0.1, -0.05) is 36.4 Å². The molecule has 0 aliphatic carbocycles. The van der Waals surface area contributed by atoms with E-state index in [1.54, 1.807) is 6.92 Å². The van der Waals surface area contributed by atoms with Crippen molar-refractivity contribution < 1.29 is 9.90 Å². The van der Waals surface area contributed by atoms with Gasteiger partial charge in [-0.2, -0.15) is 0 Å². The second-order valence-corrected chi connectivity index (χ2v) is 5.24. The molecule has 0 saturated carbocycles. The number of carboxylic acids is 1. The molecule has 0 saturated heterocycles. The summed E-state index contributed by atoms with van der Waals surface area (Å²) in [7, 11) is 0. The van der Waals surface area contributed by atoms with Crippen molar-refractivity contribution in [1.82, 2.24) is 0 Å². The van der Waals surface area contributed by atoms with Gasteiger partial charge in [-0.3, -0.25) is 0 Å². The lowest BCUT2D eigenvalue weighted by Crippen LogP contribution is -2.41. The summed E-state index contributed by atoms with van der Waals surface area (Å²) in [6, 6.07) is 15.3. The number of rotatable bonds is 4. The fourth-order valence-corrected chi connectivity index (χ4v) is 2.38. The Bertz CT molecular complexity index is 636. The van der Waals surface area contributed by atoms with E-state index in [1.807, 2.05) is 62.4 Å². The molecule has 3 nitrogen and oxygen atoms in total. The van der Waals surface area contributed by atoms with Gasteiger partial charge in [0.1, 0.15) is 0 Å². The van der Waals surface area contributed by atoms with Crippen LogP contribution in [0.2, 0.25) is 0 Å². The quantitative estimate of drug-likeness (QED) is 0.889. The molecule has 0 spiro atoms. The van der Waals surface area contributed by atoms with Gasteiger partial charge in [0.25, 0.3) is 0 Å². The molecule has 2 aromatic rings. The fourth-order valence-electron chi connectivity index (χ4n) is 2.38. The van der Waals surface area contributed by atoms with E-state index in [-0.39, 0.29) is 0 Å². The number of aliphatic carboxylic acids is 1. The number of hydrogen-bond acceptors (Lipinski definition) is 2. The predicted molar refractivity (Wildman–Crippen MR) is 81.0 cm³/mol. The van der Waals surface area contributed by atoms with E-state index in [0.29, 0.717) is 0 Å². The van der Waals surface area contributed by atoms with Crippen LogP contribution in [0.15, 0.2) is 48.5 Å². The van der Waals surface area contributed by atoms with Crippen LogP contribution >= 0.6 is 0 Å². The van der Waals surface area contributed by atoms with E-state index in [0.717, 1.165) is 22.4 Å². The standard InChI is InChI=1S/C17H19NO2/c1-12-7-6-9-14(11-12)18-17(3,16(19)20)15-10-5-4-8-13(15)2/h4-11,18H,1-3H3,(H,19,20). The highest BCUT2D eigenvalue weighted by Gasteiger charge is 2.36. The predicted octanol–water partition coefficient (Wildman–Crippen LogP) is 3.72. The Hall–Kier alpha value is -2.29. The second-order valence-electron chi connectivity index (χ2n) is 5.24. The van der Waals surface area contributed by atoms with Gasteiger partial charge in [0.2, 0.25) is 0 Å². The lowest BCUT2D eigenvalue weighted by molar-refractivity contribution is -0.142. The maximum atomic E-state index is 11.8. The second kappa shape index (κ2) is 5.37. The zero-order valence-electron chi connectivity index (χ0n) is 12.0. The van der Waals surface area contributed by atoms with E-state index in [1.165, 1.54) is 0 Å². The highest BCUT2D eigenvalue weighted by Crippen LogP contribution is 2.29. The Morgan fingerprint density at radius 2 is 1.80 bits per heavy atom. The molecule has 3 heteroatoms. The van der Waals surface area contributed by atoms with Crippen LogP contribution in [0.1, 0.15) is 23.6 Å². The van der Waals surface area contributed by atoms with E-state index in [2.05, 4.69) is 5.32 Å². The Balaban J connectivity index is 2.46. The van der Waals surface area contributed by atoms with E-state index >= 15 is 0 Å². The van der Waals surface area contributed by atoms with Gasteiger partial charge < -0.3 is 10.4 Å². The molecule has 2 aromatic carbocycles. The van der Waals surface area contributed by atoms with Gasteiger partial charge in [0.05, 0.1) is 0 Å². The number of carbonyl (C=O) groups is 1. The number of hydrogen-bond donors (Lipinski definition) is 2. The zero-order chi connectivity index (χ0) is 14.8. The van der Waals surface area contributed by atoms with Gasteiger partial charge in [-0.05, 0) is 49.6 Å². The highest BCUT2D eigenvalue weighted by atomic mass is 16.4. The zero-order valence-corrected chi connectivity index (χ0v) is 12.0. The third kappa shape index (κ3) is 2.67. The van der Waals surface area contributed by atoms with Crippen molar-refractivity contribution in [3.05, 3.63) is 65.2 Å². The molecule has 0 aliphatic heterocycles. The summed E-state index contributed by atoms with van der Waals surface area (Å²) in [4.78, 5) is 11.8. The third-order valence-corrected chi connectivity index (χ3v) is 3.52. The minimum atomic E-state index is -1.15. The van der Waals surface area contributed by atoms with Crippen molar-refractivity contribution in [2.75, 3.05) is 5.32 Å². The largest absolute Gasteiger partial charge is 0.479 e. The van der Waals surface area contributed by atoms with Crippen molar-refractivity contribution in [1.29, 1.82) is 0 Å². The van der Waals surface area contributed by atoms with Gasteiger partial charge >= 0.3 is 5.97 Å². The Morgan fingerprint density at radius 1 is 1.10 bits per heavy atom. The lowest BCUT2D eigenvalue weighted by atomic mass is 9.88. The van der Waals surface area contributed by atoms with Crippen LogP contribution in [-0.4, -0.2) is 11.1 Å². The maximum absolute atomic E-state index is 11.8. The minimum Gasteiger partial charge on any atom is -0.479 e. The first-order valence-corrected chi connectivity index (χ1v) is 6.58. The first kappa shape index (κ1) is 14.1. The van der Waals surface area contributed by atoms with Crippen LogP contribution in [0.3, 0.4) is 0 Å². The fraction of sp³-hybridized carbons (Fsp3) is 0.235. The van der Waals surface area contributed by atoms with E-state index in [9.17, 15) is 9.90 Å². The average molecular weight is 269 g/mol. The summed E-state index contributed by atoms with van der Waals surface area (Å²) >= 11 is 0. The van der Waals surface area contributed by atoms with Crippen LogP contribution in [0.25, 0.3) is 0 Å². The molecule has 2 rings (SSSR count). The van der Waals surface area contributed by atoms with Gasteiger partial charge in [0, 0.05) is 5.69 Å². The van der Waals surface area contributed by atoms with E-state index < -0.39 is 11.5 Å². The van der Waals surface area contributed by atoms with Crippen LogP contribution in [0, 0.1) is 13.8 Å². The summed E-state index contributed by atoms with van der Waals surface area (Å²) in [5.41, 5.74) is 2.47.